The van der Waals surface area contributed by atoms with E-state index >= 15 is 0 Å². The van der Waals surface area contributed by atoms with Crippen LogP contribution in [-0.4, -0.2) is 58.5 Å². The number of aliphatic hydroxyl groups excluding tert-OH is 1. The summed E-state index contributed by atoms with van der Waals surface area (Å²) < 4.78 is 11.3. The maximum absolute atomic E-state index is 13.2. The standard InChI is InChI=1S/C24H21N3O4/c28-20-12-31-21-19(11-30-22(20)21)27-24(29)18-6-2-4-13-14(3-1-5-15(13)18)16-7-9-25-23-17(16)8-10-26-23/h1-10,19-22,28H,11-12H2,(H,25,26)(H,27,29)/t19-,20-,21+,22+/m0/s1. The number of benzene rings is 2. The average molecular weight is 415 g/mol. The van der Waals surface area contributed by atoms with Gasteiger partial charge in [0.1, 0.15) is 24.0 Å². The van der Waals surface area contributed by atoms with E-state index in [0.29, 0.717) is 12.2 Å². The summed E-state index contributed by atoms with van der Waals surface area (Å²) in [7, 11) is 0. The molecule has 2 aliphatic rings. The number of pyridine rings is 1. The molecule has 0 aliphatic carbocycles. The number of rotatable bonds is 3. The molecule has 2 aromatic heterocycles. The summed E-state index contributed by atoms with van der Waals surface area (Å²) in [6, 6.07) is 15.5. The number of nitrogens with zero attached hydrogens (tertiary/aromatic N) is 1. The summed E-state index contributed by atoms with van der Waals surface area (Å²) in [6.07, 6.45) is 2.33. The lowest BCUT2D eigenvalue weighted by atomic mass is 9.94. The van der Waals surface area contributed by atoms with Crippen LogP contribution in [0.2, 0.25) is 0 Å². The average Bonchev–Trinajstić information content (AvgIpc) is 3.51. The van der Waals surface area contributed by atoms with Crippen LogP contribution in [0.15, 0.2) is 60.9 Å². The molecule has 4 aromatic rings. The van der Waals surface area contributed by atoms with Crippen LogP contribution in [0.1, 0.15) is 10.4 Å². The number of fused-ring (bicyclic) bond motifs is 3. The van der Waals surface area contributed by atoms with E-state index in [9.17, 15) is 9.90 Å². The highest BCUT2D eigenvalue weighted by molar-refractivity contribution is 6.12. The zero-order valence-corrected chi connectivity index (χ0v) is 16.6. The fourth-order valence-electron chi connectivity index (χ4n) is 4.79. The molecule has 0 saturated carbocycles. The molecule has 0 bridgehead atoms. The number of hydrogen-bond acceptors (Lipinski definition) is 5. The van der Waals surface area contributed by atoms with E-state index in [-0.39, 0.29) is 30.8 Å². The molecular formula is C24H21N3O4. The number of carbonyl (C=O) groups is 1. The van der Waals surface area contributed by atoms with Crippen molar-refractivity contribution < 1.29 is 19.4 Å². The Morgan fingerprint density at radius 1 is 0.968 bits per heavy atom. The summed E-state index contributed by atoms with van der Waals surface area (Å²) in [6.45, 7) is 0.565. The van der Waals surface area contributed by atoms with Crippen molar-refractivity contribution >= 4 is 27.7 Å². The summed E-state index contributed by atoms with van der Waals surface area (Å²) in [5.74, 6) is -0.177. The molecule has 31 heavy (non-hydrogen) atoms. The molecule has 2 saturated heterocycles. The Labute approximate surface area is 178 Å². The molecule has 2 fully saturated rings. The monoisotopic (exact) mass is 415 g/mol. The van der Waals surface area contributed by atoms with Gasteiger partial charge in [0.05, 0.1) is 19.3 Å². The Morgan fingerprint density at radius 2 is 1.77 bits per heavy atom. The largest absolute Gasteiger partial charge is 0.388 e. The molecule has 3 N–H and O–H groups in total. The number of aromatic nitrogens is 2. The minimum Gasteiger partial charge on any atom is -0.388 e. The first-order valence-corrected chi connectivity index (χ1v) is 10.4. The van der Waals surface area contributed by atoms with Crippen LogP contribution >= 0.6 is 0 Å². The third kappa shape index (κ3) is 2.93. The van der Waals surface area contributed by atoms with Gasteiger partial charge in [0.15, 0.2) is 0 Å². The summed E-state index contributed by atoms with van der Waals surface area (Å²) >= 11 is 0. The number of H-pyrrole nitrogens is 1. The minimum absolute atomic E-state index is 0.177. The lowest BCUT2D eigenvalue weighted by molar-refractivity contribution is 0.0178. The first-order valence-electron chi connectivity index (χ1n) is 10.4. The normalized spacial score (nSPS) is 25.2. The Bertz CT molecular complexity index is 1300. The zero-order valence-electron chi connectivity index (χ0n) is 16.6. The van der Waals surface area contributed by atoms with Gasteiger partial charge in [-0.1, -0.05) is 30.3 Å². The van der Waals surface area contributed by atoms with Crippen LogP contribution < -0.4 is 5.32 Å². The molecular weight excluding hydrogens is 394 g/mol. The van der Waals surface area contributed by atoms with Gasteiger partial charge in [0, 0.05) is 23.3 Å². The smallest absolute Gasteiger partial charge is 0.252 e. The first-order chi connectivity index (χ1) is 15.2. The molecule has 0 radical (unpaired) electrons. The predicted octanol–water partition coefficient (Wildman–Crippen LogP) is 2.64. The third-order valence-corrected chi connectivity index (χ3v) is 6.26. The number of ether oxygens (including phenoxy) is 2. The SMILES string of the molecule is O=C(N[C@H]1CO[C@H]2[C@@H]1OC[C@@H]2O)c1cccc2c(-c3ccnc4[nH]ccc34)cccc12. The number of aliphatic hydroxyl groups is 1. The summed E-state index contributed by atoms with van der Waals surface area (Å²) in [5, 5.41) is 15.9. The lowest BCUT2D eigenvalue weighted by Gasteiger charge is -2.18. The van der Waals surface area contributed by atoms with E-state index in [1.807, 2.05) is 48.7 Å². The fourth-order valence-corrected chi connectivity index (χ4v) is 4.79. The van der Waals surface area contributed by atoms with Gasteiger partial charge < -0.3 is 24.9 Å². The first kappa shape index (κ1) is 18.5. The van der Waals surface area contributed by atoms with Gasteiger partial charge in [-0.2, -0.15) is 0 Å². The highest BCUT2D eigenvalue weighted by atomic mass is 16.6. The second kappa shape index (κ2) is 7.16. The second-order valence-corrected chi connectivity index (χ2v) is 8.05. The molecule has 2 aromatic carbocycles. The van der Waals surface area contributed by atoms with Crippen LogP contribution in [-0.2, 0) is 9.47 Å². The molecule has 0 spiro atoms. The molecule has 0 unspecified atom stereocenters. The number of hydrogen-bond donors (Lipinski definition) is 3. The molecule has 4 atom stereocenters. The van der Waals surface area contributed by atoms with Crippen LogP contribution in [0.5, 0.6) is 0 Å². The van der Waals surface area contributed by atoms with E-state index in [0.717, 1.165) is 32.9 Å². The third-order valence-electron chi connectivity index (χ3n) is 6.26. The fraction of sp³-hybridized carbons (Fsp3) is 0.250. The van der Waals surface area contributed by atoms with Crippen molar-refractivity contribution in [3.8, 4) is 11.1 Å². The van der Waals surface area contributed by atoms with E-state index in [1.165, 1.54) is 0 Å². The Hall–Kier alpha value is -3.26. The van der Waals surface area contributed by atoms with E-state index < -0.39 is 6.10 Å². The lowest BCUT2D eigenvalue weighted by Crippen LogP contribution is -2.44. The van der Waals surface area contributed by atoms with Crippen molar-refractivity contribution in [2.24, 2.45) is 0 Å². The van der Waals surface area contributed by atoms with Crippen LogP contribution in [0.3, 0.4) is 0 Å². The number of aromatic amines is 1. The topological polar surface area (TPSA) is 96.5 Å². The van der Waals surface area contributed by atoms with Gasteiger partial charge in [0.25, 0.3) is 5.91 Å². The number of amides is 1. The second-order valence-electron chi connectivity index (χ2n) is 8.05. The van der Waals surface area contributed by atoms with Gasteiger partial charge >= 0.3 is 0 Å². The summed E-state index contributed by atoms with van der Waals surface area (Å²) in [4.78, 5) is 20.7. The van der Waals surface area contributed by atoms with Crippen LogP contribution in [0.25, 0.3) is 32.9 Å². The Morgan fingerprint density at radius 3 is 2.71 bits per heavy atom. The van der Waals surface area contributed by atoms with Crippen LogP contribution in [0.4, 0.5) is 0 Å². The van der Waals surface area contributed by atoms with Gasteiger partial charge in [0.2, 0.25) is 0 Å². The quantitative estimate of drug-likeness (QED) is 0.478. The molecule has 7 heteroatoms. The molecule has 2 aliphatic heterocycles. The van der Waals surface area contributed by atoms with Crippen molar-refractivity contribution in [1.82, 2.24) is 15.3 Å². The van der Waals surface area contributed by atoms with Gasteiger partial charge in [-0.15, -0.1) is 0 Å². The van der Waals surface area contributed by atoms with Crippen molar-refractivity contribution in [3.63, 3.8) is 0 Å². The highest BCUT2D eigenvalue weighted by Crippen LogP contribution is 2.34. The number of nitrogens with one attached hydrogen (secondary N) is 2. The predicted molar refractivity (Wildman–Crippen MR) is 116 cm³/mol. The Kier molecular flexibility index (Phi) is 4.27. The van der Waals surface area contributed by atoms with Crippen LogP contribution in [0, 0.1) is 0 Å². The molecule has 156 valence electrons. The molecule has 6 rings (SSSR count). The van der Waals surface area contributed by atoms with E-state index in [2.05, 4.69) is 21.4 Å². The number of carbonyl (C=O) groups excluding carboxylic acids is 1. The van der Waals surface area contributed by atoms with Crippen molar-refractivity contribution in [1.29, 1.82) is 0 Å². The van der Waals surface area contributed by atoms with Gasteiger partial charge in [-0.05, 0) is 40.1 Å². The highest BCUT2D eigenvalue weighted by Gasteiger charge is 2.47. The maximum atomic E-state index is 13.2. The van der Waals surface area contributed by atoms with Crippen molar-refractivity contribution in [2.75, 3.05) is 13.2 Å². The minimum atomic E-state index is -0.641. The van der Waals surface area contributed by atoms with E-state index in [4.69, 9.17) is 9.47 Å². The van der Waals surface area contributed by atoms with Gasteiger partial charge in [-0.3, -0.25) is 4.79 Å². The van der Waals surface area contributed by atoms with Crippen molar-refractivity contribution in [3.05, 3.63) is 66.5 Å². The van der Waals surface area contributed by atoms with E-state index in [1.54, 1.807) is 6.20 Å². The molecule has 4 heterocycles. The zero-order chi connectivity index (χ0) is 20.9. The van der Waals surface area contributed by atoms with Gasteiger partial charge in [-0.25, -0.2) is 4.98 Å². The molecule has 1 amide bonds. The van der Waals surface area contributed by atoms with Crippen molar-refractivity contribution in [2.45, 2.75) is 24.4 Å². The Balaban J connectivity index is 1.38. The summed E-state index contributed by atoms with van der Waals surface area (Å²) in [5.41, 5.74) is 3.54. The maximum Gasteiger partial charge on any atom is 0.252 e. The molecule has 7 nitrogen and oxygen atoms in total.